The van der Waals surface area contributed by atoms with Crippen LogP contribution in [0.25, 0.3) is 0 Å². The van der Waals surface area contributed by atoms with E-state index in [0.29, 0.717) is 12.0 Å². The number of hydrogen-bond acceptors (Lipinski definition) is 4. The summed E-state index contributed by atoms with van der Waals surface area (Å²) in [6.45, 7) is 7.41. The third-order valence-electron chi connectivity index (χ3n) is 3.55. The minimum absolute atomic E-state index is 0.339. The van der Waals surface area contributed by atoms with Crippen molar-refractivity contribution < 1.29 is 4.74 Å². The van der Waals surface area contributed by atoms with Crippen LogP contribution in [0.1, 0.15) is 64.4 Å². The van der Waals surface area contributed by atoms with Gasteiger partial charge in [-0.25, -0.2) is 9.97 Å². The van der Waals surface area contributed by atoms with E-state index in [2.05, 4.69) is 36.1 Å². The summed E-state index contributed by atoms with van der Waals surface area (Å²) in [5.41, 5.74) is 1.11. The van der Waals surface area contributed by atoms with E-state index >= 15 is 0 Å². The first kappa shape index (κ1) is 14.1. The number of nitrogens with zero attached hydrogens (tertiary/aromatic N) is 2. The molecular weight excluding hydrogens is 238 g/mol. The van der Waals surface area contributed by atoms with Gasteiger partial charge in [-0.15, -0.1) is 0 Å². The topological polar surface area (TPSA) is 47.0 Å². The molecule has 4 heteroatoms. The summed E-state index contributed by atoms with van der Waals surface area (Å²) in [4.78, 5) is 8.73. The van der Waals surface area contributed by atoms with E-state index in [1.165, 1.54) is 12.8 Å². The summed E-state index contributed by atoms with van der Waals surface area (Å²) in [7, 11) is 0. The van der Waals surface area contributed by atoms with E-state index in [1.807, 2.05) is 0 Å². The molecule has 0 spiro atoms. The number of nitrogens with one attached hydrogen (secondary N) is 1. The summed E-state index contributed by atoms with van der Waals surface area (Å²) >= 11 is 0. The monoisotopic (exact) mass is 263 g/mol. The van der Waals surface area contributed by atoms with Crippen molar-refractivity contribution in [2.24, 2.45) is 0 Å². The van der Waals surface area contributed by atoms with Gasteiger partial charge in [0.1, 0.15) is 18.2 Å². The van der Waals surface area contributed by atoms with Crippen molar-refractivity contribution in [3.05, 3.63) is 11.9 Å². The fraction of sp³-hybridized carbons (Fsp3) is 0.733. The minimum Gasteiger partial charge on any atom is -0.474 e. The molecule has 19 heavy (non-hydrogen) atoms. The lowest BCUT2D eigenvalue weighted by atomic mass is 10.1. The predicted octanol–water partition coefficient (Wildman–Crippen LogP) is 3.74. The predicted molar refractivity (Wildman–Crippen MR) is 77.8 cm³/mol. The first-order valence-corrected chi connectivity index (χ1v) is 7.47. The Bertz CT molecular complexity index is 400. The zero-order chi connectivity index (χ0) is 13.7. The molecule has 1 aromatic rings. The second kappa shape index (κ2) is 6.73. The second-order valence-electron chi connectivity index (χ2n) is 5.55. The molecule has 0 unspecified atom stereocenters. The molecular formula is C15H25N3O. The summed E-state index contributed by atoms with van der Waals surface area (Å²) in [6, 6.07) is 0. The maximum Gasteiger partial charge on any atom is 0.222 e. The summed E-state index contributed by atoms with van der Waals surface area (Å²) in [5, 5.41) is 3.38. The zero-order valence-electron chi connectivity index (χ0n) is 12.3. The van der Waals surface area contributed by atoms with E-state index in [1.54, 1.807) is 6.33 Å². The summed E-state index contributed by atoms with van der Waals surface area (Å²) < 4.78 is 6.10. The molecule has 0 atom stereocenters. The van der Waals surface area contributed by atoms with Crippen molar-refractivity contribution >= 4 is 5.82 Å². The second-order valence-corrected chi connectivity index (χ2v) is 5.55. The highest BCUT2D eigenvalue weighted by atomic mass is 16.5. The van der Waals surface area contributed by atoms with Gasteiger partial charge in [-0.1, -0.05) is 20.8 Å². The fourth-order valence-electron chi connectivity index (χ4n) is 2.54. The number of hydrogen-bond donors (Lipinski definition) is 1. The van der Waals surface area contributed by atoms with Crippen molar-refractivity contribution in [1.82, 2.24) is 9.97 Å². The molecule has 1 heterocycles. The fourth-order valence-corrected chi connectivity index (χ4v) is 2.54. The van der Waals surface area contributed by atoms with Crippen LogP contribution in [0, 0.1) is 0 Å². The summed E-state index contributed by atoms with van der Waals surface area (Å²) in [5.74, 6) is 2.06. The normalized spacial score (nSPS) is 16.0. The molecule has 0 radical (unpaired) electrons. The first-order chi connectivity index (χ1) is 9.22. The van der Waals surface area contributed by atoms with Crippen molar-refractivity contribution in [3.8, 4) is 5.88 Å². The highest BCUT2D eigenvalue weighted by Crippen LogP contribution is 2.32. The standard InChI is InChI=1S/C15H25N3O/c1-4-9-16-14-13(11(2)3)15(18-10-17-14)19-12-7-5-6-8-12/h10-12H,4-9H2,1-3H3,(H,16,17,18). The Morgan fingerprint density at radius 2 is 2.05 bits per heavy atom. The Labute approximate surface area is 116 Å². The molecule has 1 N–H and O–H groups in total. The van der Waals surface area contributed by atoms with Crippen LogP contribution >= 0.6 is 0 Å². The van der Waals surface area contributed by atoms with Gasteiger partial charge in [-0.3, -0.25) is 0 Å². The molecule has 1 aromatic heterocycles. The molecule has 106 valence electrons. The molecule has 0 amide bonds. The molecule has 1 aliphatic carbocycles. The SMILES string of the molecule is CCCNc1ncnc(OC2CCCC2)c1C(C)C. The van der Waals surface area contributed by atoms with Gasteiger partial charge < -0.3 is 10.1 Å². The maximum absolute atomic E-state index is 6.10. The Balaban J connectivity index is 2.20. The number of aromatic nitrogens is 2. The highest BCUT2D eigenvalue weighted by molar-refractivity contribution is 5.50. The molecule has 0 saturated heterocycles. The van der Waals surface area contributed by atoms with Crippen LogP contribution in [0.3, 0.4) is 0 Å². The zero-order valence-corrected chi connectivity index (χ0v) is 12.3. The van der Waals surface area contributed by atoms with Crippen molar-refractivity contribution in [2.45, 2.75) is 64.9 Å². The third kappa shape index (κ3) is 3.58. The third-order valence-corrected chi connectivity index (χ3v) is 3.55. The highest BCUT2D eigenvalue weighted by Gasteiger charge is 2.21. The van der Waals surface area contributed by atoms with Crippen LogP contribution in [0.5, 0.6) is 5.88 Å². The van der Waals surface area contributed by atoms with Gasteiger partial charge in [0.25, 0.3) is 0 Å². The molecule has 0 aromatic carbocycles. The number of rotatable bonds is 6. The van der Waals surface area contributed by atoms with Crippen LogP contribution in [0.4, 0.5) is 5.82 Å². The van der Waals surface area contributed by atoms with Gasteiger partial charge in [0.05, 0.1) is 5.56 Å². The van der Waals surface area contributed by atoms with Crippen molar-refractivity contribution in [3.63, 3.8) is 0 Å². The largest absolute Gasteiger partial charge is 0.474 e. The Morgan fingerprint density at radius 1 is 1.32 bits per heavy atom. The van der Waals surface area contributed by atoms with Crippen LogP contribution in [0.15, 0.2) is 6.33 Å². The molecule has 4 nitrogen and oxygen atoms in total. The van der Waals surface area contributed by atoms with Crippen LogP contribution in [-0.4, -0.2) is 22.6 Å². The Hall–Kier alpha value is -1.32. The van der Waals surface area contributed by atoms with Crippen molar-refractivity contribution in [2.75, 3.05) is 11.9 Å². The van der Waals surface area contributed by atoms with Crippen LogP contribution < -0.4 is 10.1 Å². The lowest BCUT2D eigenvalue weighted by molar-refractivity contribution is 0.198. The first-order valence-electron chi connectivity index (χ1n) is 7.47. The average molecular weight is 263 g/mol. The van der Waals surface area contributed by atoms with Gasteiger partial charge in [0, 0.05) is 6.54 Å². The van der Waals surface area contributed by atoms with Gasteiger partial charge >= 0.3 is 0 Å². The van der Waals surface area contributed by atoms with Gasteiger partial charge in [-0.05, 0) is 38.0 Å². The maximum atomic E-state index is 6.10. The Morgan fingerprint density at radius 3 is 2.68 bits per heavy atom. The molecule has 1 fully saturated rings. The average Bonchev–Trinajstić information content (AvgIpc) is 2.89. The lowest BCUT2D eigenvalue weighted by Gasteiger charge is -2.19. The van der Waals surface area contributed by atoms with E-state index in [0.717, 1.165) is 43.1 Å². The smallest absolute Gasteiger partial charge is 0.222 e. The Kier molecular flexibility index (Phi) is 5.00. The van der Waals surface area contributed by atoms with Gasteiger partial charge in [-0.2, -0.15) is 0 Å². The summed E-state index contributed by atoms with van der Waals surface area (Å²) in [6.07, 6.45) is 7.88. The minimum atomic E-state index is 0.339. The van der Waals surface area contributed by atoms with E-state index in [4.69, 9.17) is 4.74 Å². The molecule has 0 aliphatic heterocycles. The molecule has 2 rings (SSSR count). The number of ether oxygens (including phenoxy) is 1. The van der Waals surface area contributed by atoms with E-state index < -0.39 is 0 Å². The van der Waals surface area contributed by atoms with E-state index in [-0.39, 0.29) is 0 Å². The molecule has 1 aliphatic rings. The van der Waals surface area contributed by atoms with Gasteiger partial charge in [0.2, 0.25) is 5.88 Å². The molecule has 1 saturated carbocycles. The van der Waals surface area contributed by atoms with Crippen LogP contribution in [0.2, 0.25) is 0 Å². The van der Waals surface area contributed by atoms with Crippen LogP contribution in [-0.2, 0) is 0 Å². The van der Waals surface area contributed by atoms with Gasteiger partial charge in [0.15, 0.2) is 0 Å². The molecule has 0 bridgehead atoms. The number of anilines is 1. The lowest BCUT2D eigenvalue weighted by Crippen LogP contribution is -2.16. The van der Waals surface area contributed by atoms with Crippen molar-refractivity contribution in [1.29, 1.82) is 0 Å². The van der Waals surface area contributed by atoms with E-state index in [9.17, 15) is 0 Å². The quantitative estimate of drug-likeness (QED) is 0.849.